The molecular formula is C14H21NO4. The Balaban J connectivity index is 2.54. The molecule has 1 aromatic rings. The van der Waals surface area contributed by atoms with E-state index in [0.717, 1.165) is 11.1 Å². The number of carbonyl (C=O) groups is 1. The van der Waals surface area contributed by atoms with Crippen molar-refractivity contribution in [2.75, 3.05) is 26.3 Å². The van der Waals surface area contributed by atoms with Gasteiger partial charge in [0, 0.05) is 19.5 Å². The van der Waals surface area contributed by atoms with Gasteiger partial charge in [-0.3, -0.25) is 4.79 Å². The molecule has 0 saturated carbocycles. The van der Waals surface area contributed by atoms with E-state index in [4.69, 9.17) is 10.2 Å². The maximum atomic E-state index is 11.9. The topological polar surface area (TPSA) is 81.0 Å². The maximum Gasteiger partial charge on any atom is 0.223 e. The van der Waals surface area contributed by atoms with Crippen molar-refractivity contribution in [1.82, 2.24) is 4.90 Å². The lowest BCUT2D eigenvalue weighted by Crippen LogP contribution is -2.35. The second kappa shape index (κ2) is 7.76. The van der Waals surface area contributed by atoms with Gasteiger partial charge in [-0.25, -0.2) is 0 Å². The fraction of sp³-hybridized carbons (Fsp3) is 0.500. The number of hydrogen-bond acceptors (Lipinski definition) is 4. The molecule has 1 amide bonds. The number of phenols is 1. The van der Waals surface area contributed by atoms with Crippen molar-refractivity contribution in [3.8, 4) is 5.75 Å². The Labute approximate surface area is 113 Å². The molecule has 0 saturated heterocycles. The van der Waals surface area contributed by atoms with E-state index in [-0.39, 0.29) is 38.0 Å². The van der Waals surface area contributed by atoms with Gasteiger partial charge >= 0.3 is 0 Å². The van der Waals surface area contributed by atoms with Gasteiger partial charge in [0.25, 0.3) is 0 Å². The highest BCUT2D eigenvalue weighted by Crippen LogP contribution is 2.18. The number of hydrogen-bond donors (Lipinski definition) is 3. The second-order valence-corrected chi connectivity index (χ2v) is 4.45. The molecule has 1 rings (SSSR count). The van der Waals surface area contributed by atoms with Crippen molar-refractivity contribution in [2.45, 2.75) is 19.8 Å². The first-order valence-electron chi connectivity index (χ1n) is 6.36. The van der Waals surface area contributed by atoms with Gasteiger partial charge in [0.05, 0.1) is 13.2 Å². The summed E-state index contributed by atoms with van der Waals surface area (Å²) in [6.07, 6.45) is 0.822. The third-order valence-corrected chi connectivity index (χ3v) is 2.99. The van der Waals surface area contributed by atoms with Crippen molar-refractivity contribution < 1.29 is 20.1 Å². The molecule has 0 heterocycles. The molecule has 0 atom stereocenters. The molecule has 5 heteroatoms. The van der Waals surface area contributed by atoms with Gasteiger partial charge in [-0.1, -0.05) is 12.1 Å². The van der Waals surface area contributed by atoms with Gasteiger partial charge in [-0.15, -0.1) is 0 Å². The summed E-state index contributed by atoms with van der Waals surface area (Å²) in [5, 5.41) is 27.3. The molecule has 0 unspecified atom stereocenters. The van der Waals surface area contributed by atoms with Crippen LogP contribution in [0.4, 0.5) is 0 Å². The van der Waals surface area contributed by atoms with Crippen molar-refractivity contribution in [3.05, 3.63) is 29.3 Å². The molecule has 0 aliphatic heterocycles. The molecule has 0 aliphatic carbocycles. The fourth-order valence-corrected chi connectivity index (χ4v) is 1.82. The van der Waals surface area contributed by atoms with E-state index in [1.807, 2.05) is 19.1 Å². The van der Waals surface area contributed by atoms with Crippen LogP contribution in [-0.2, 0) is 11.2 Å². The van der Waals surface area contributed by atoms with Gasteiger partial charge in [-0.05, 0) is 30.5 Å². The van der Waals surface area contributed by atoms with E-state index >= 15 is 0 Å². The third kappa shape index (κ3) is 4.89. The molecule has 1 aromatic carbocycles. The van der Waals surface area contributed by atoms with Gasteiger partial charge in [0.15, 0.2) is 0 Å². The van der Waals surface area contributed by atoms with E-state index in [9.17, 15) is 9.90 Å². The van der Waals surface area contributed by atoms with Crippen LogP contribution in [0.15, 0.2) is 18.2 Å². The number of benzene rings is 1. The van der Waals surface area contributed by atoms with Crippen molar-refractivity contribution in [3.63, 3.8) is 0 Å². The Morgan fingerprint density at radius 1 is 1.21 bits per heavy atom. The van der Waals surface area contributed by atoms with E-state index < -0.39 is 0 Å². The number of carbonyl (C=O) groups excluding carboxylic acids is 1. The average molecular weight is 267 g/mol. The van der Waals surface area contributed by atoms with E-state index in [2.05, 4.69) is 0 Å². The Morgan fingerprint density at radius 2 is 1.84 bits per heavy atom. The lowest BCUT2D eigenvalue weighted by Gasteiger charge is -2.20. The Hall–Kier alpha value is -1.59. The summed E-state index contributed by atoms with van der Waals surface area (Å²) in [5.74, 6) is 0.121. The van der Waals surface area contributed by atoms with Crippen LogP contribution < -0.4 is 0 Å². The molecule has 0 fully saturated rings. The number of aryl methyl sites for hydroxylation is 2. The van der Waals surface area contributed by atoms with Crippen LogP contribution in [0.2, 0.25) is 0 Å². The maximum absolute atomic E-state index is 11.9. The zero-order chi connectivity index (χ0) is 14.3. The molecule has 0 bridgehead atoms. The molecule has 0 spiro atoms. The van der Waals surface area contributed by atoms with Crippen molar-refractivity contribution in [2.24, 2.45) is 0 Å². The highest BCUT2D eigenvalue weighted by atomic mass is 16.3. The predicted molar refractivity (Wildman–Crippen MR) is 71.9 cm³/mol. The molecule has 19 heavy (non-hydrogen) atoms. The van der Waals surface area contributed by atoms with Crippen molar-refractivity contribution in [1.29, 1.82) is 0 Å². The van der Waals surface area contributed by atoms with Gasteiger partial charge in [-0.2, -0.15) is 0 Å². The first-order chi connectivity index (χ1) is 9.08. The smallest absolute Gasteiger partial charge is 0.223 e. The number of nitrogens with zero attached hydrogens (tertiary/aromatic N) is 1. The van der Waals surface area contributed by atoms with Crippen LogP contribution in [0.25, 0.3) is 0 Å². The molecule has 0 aliphatic rings. The summed E-state index contributed by atoms with van der Waals surface area (Å²) >= 11 is 0. The van der Waals surface area contributed by atoms with Crippen LogP contribution in [0, 0.1) is 6.92 Å². The van der Waals surface area contributed by atoms with E-state index in [0.29, 0.717) is 12.8 Å². The van der Waals surface area contributed by atoms with Crippen LogP contribution in [-0.4, -0.2) is 52.4 Å². The minimum atomic E-state index is -0.114. The van der Waals surface area contributed by atoms with Crippen LogP contribution >= 0.6 is 0 Å². The summed E-state index contributed by atoms with van der Waals surface area (Å²) in [6, 6.07) is 5.35. The summed E-state index contributed by atoms with van der Waals surface area (Å²) in [5.41, 5.74) is 1.70. The lowest BCUT2D eigenvalue weighted by molar-refractivity contribution is -0.132. The van der Waals surface area contributed by atoms with Gasteiger partial charge in [0.1, 0.15) is 5.75 Å². The molecule has 0 radical (unpaired) electrons. The van der Waals surface area contributed by atoms with Crippen LogP contribution in [0.3, 0.4) is 0 Å². The first-order valence-corrected chi connectivity index (χ1v) is 6.36. The quantitative estimate of drug-likeness (QED) is 0.670. The normalized spacial score (nSPS) is 10.5. The zero-order valence-corrected chi connectivity index (χ0v) is 11.2. The number of aliphatic hydroxyl groups is 2. The number of amides is 1. The van der Waals surface area contributed by atoms with Crippen LogP contribution in [0.5, 0.6) is 5.75 Å². The largest absolute Gasteiger partial charge is 0.508 e. The Morgan fingerprint density at radius 3 is 2.37 bits per heavy atom. The summed E-state index contributed by atoms with van der Waals surface area (Å²) in [4.78, 5) is 13.3. The van der Waals surface area contributed by atoms with E-state index in [1.165, 1.54) is 4.90 Å². The number of aromatic hydroxyl groups is 1. The first kappa shape index (κ1) is 15.5. The standard InChI is InChI=1S/C14H21NO4/c1-11-2-3-12(10-13(11)18)4-5-14(19)15(6-8-16)7-9-17/h2-3,10,16-18H,4-9H2,1H3. The summed E-state index contributed by atoms with van der Waals surface area (Å²) < 4.78 is 0. The minimum absolute atomic E-state index is 0.108. The molecular weight excluding hydrogens is 246 g/mol. The Kier molecular flexibility index (Phi) is 6.32. The van der Waals surface area contributed by atoms with Crippen molar-refractivity contribution >= 4 is 5.91 Å². The van der Waals surface area contributed by atoms with Gasteiger partial charge in [0.2, 0.25) is 5.91 Å². The summed E-state index contributed by atoms with van der Waals surface area (Å²) in [6.45, 7) is 2.06. The highest BCUT2D eigenvalue weighted by Gasteiger charge is 2.12. The SMILES string of the molecule is Cc1ccc(CCC(=O)N(CCO)CCO)cc1O. The van der Waals surface area contributed by atoms with Gasteiger partial charge < -0.3 is 20.2 Å². The second-order valence-electron chi connectivity index (χ2n) is 4.45. The fourth-order valence-electron chi connectivity index (χ4n) is 1.82. The third-order valence-electron chi connectivity index (χ3n) is 2.99. The monoisotopic (exact) mass is 267 g/mol. The number of rotatable bonds is 7. The van der Waals surface area contributed by atoms with E-state index in [1.54, 1.807) is 6.07 Å². The Bertz CT molecular complexity index is 414. The lowest BCUT2D eigenvalue weighted by atomic mass is 10.1. The molecule has 106 valence electrons. The zero-order valence-electron chi connectivity index (χ0n) is 11.2. The highest BCUT2D eigenvalue weighted by molar-refractivity contribution is 5.76. The summed E-state index contributed by atoms with van der Waals surface area (Å²) in [7, 11) is 0. The molecule has 3 N–H and O–H groups in total. The molecule has 5 nitrogen and oxygen atoms in total. The number of phenolic OH excluding ortho intramolecular Hbond substituents is 1. The van der Waals surface area contributed by atoms with Crippen LogP contribution in [0.1, 0.15) is 17.5 Å². The average Bonchev–Trinajstić information content (AvgIpc) is 2.39. The minimum Gasteiger partial charge on any atom is -0.508 e. The molecule has 0 aromatic heterocycles. The predicted octanol–water partition coefficient (Wildman–Crippen LogP) is 0.446. The number of aliphatic hydroxyl groups excluding tert-OH is 2.